The largest absolute Gasteiger partial charge is 0.495 e. The molecule has 8 heteroatoms. The smallest absolute Gasteiger partial charge is 0.309 e. The number of carbonyl (C=O) groups excluding carboxylic acids is 1. The summed E-state index contributed by atoms with van der Waals surface area (Å²) in [4.78, 5) is 20.1. The van der Waals surface area contributed by atoms with Crippen molar-refractivity contribution in [2.24, 2.45) is 5.92 Å². The molecule has 0 aliphatic heterocycles. The molecule has 154 valence electrons. The van der Waals surface area contributed by atoms with Crippen molar-refractivity contribution in [1.29, 1.82) is 0 Å². The van der Waals surface area contributed by atoms with Crippen LogP contribution in [0.1, 0.15) is 18.9 Å². The molecule has 1 atom stereocenters. The van der Waals surface area contributed by atoms with Crippen LogP contribution in [0.3, 0.4) is 0 Å². The minimum Gasteiger partial charge on any atom is -0.495 e. The zero-order chi connectivity index (χ0) is 21.7. The zero-order valence-electron chi connectivity index (χ0n) is 16.6. The molecule has 1 heterocycles. The number of esters is 1. The first-order chi connectivity index (χ1) is 14.4. The van der Waals surface area contributed by atoms with Crippen molar-refractivity contribution in [3.8, 4) is 17.6 Å². The van der Waals surface area contributed by atoms with Crippen molar-refractivity contribution in [3.63, 3.8) is 0 Å². The Kier molecular flexibility index (Phi) is 6.70. The summed E-state index contributed by atoms with van der Waals surface area (Å²) in [5, 5.41) is 3.83. The molecule has 0 amide bonds. The molecule has 3 rings (SSSR count). The summed E-state index contributed by atoms with van der Waals surface area (Å²) in [7, 11) is 2.89. The summed E-state index contributed by atoms with van der Waals surface area (Å²) in [5.41, 5.74) is 1.85. The molecule has 1 N–H and O–H groups in total. The van der Waals surface area contributed by atoms with Gasteiger partial charge in [-0.25, -0.2) is 14.4 Å². The number of methoxy groups -OCH3 is 2. The zero-order valence-corrected chi connectivity index (χ0v) is 17.4. The molecule has 1 aromatic heterocycles. The van der Waals surface area contributed by atoms with Gasteiger partial charge >= 0.3 is 5.97 Å². The highest BCUT2D eigenvalue weighted by Gasteiger charge is 2.12. The monoisotopic (exact) mass is 427 g/mol. The quantitative estimate of drug-likeness (QED) is 0.469. The van der Waals surface area contributed by atoms with Crippen LogP contribution in [0.25, 0.3) is 10.9 Å². The standard InChI is InChI=1S/C22H19ClFN3O3/c1-13(22(28)30-3)5-4-6-14-9-16-19(11-20(14)29-2)25-12-26-21(16)27-15-7-8-18(24)17(23)10-15/h7-13H,5H2,1-3H3,(H,25,26,27). The second kappa shape index (κ2) is 9.42. The molecule has 2 aromatic carbocycles. The van der Waals surface area contributed by atoms with Crippen LogP contribution >= 0.6 is 11.6 Å². The number of nitrogens with zero attached hydrogens (tertiary/aromatic N) is 2. The van der Waals surface area contributed by atoms with Gasteiger partial charge in [0.1, 0.15) is 23.7 Å². The average Bonchev–Trinajstić information content (AvgIpc) is 2.75. The van der Waals surface area contributed by atoms with E-state index in [1.54, 1.807) is 32.2 Å². The van der Waals surface area contributed by atoms with E-state index in [0.29, 0.717) is 40.1 Å². The van der Waals surface area contributed by atoms with Crippen LogP contribution in [0.15, 0.2) is 36.7 Å². The second-order valence-corrected chi connectivity index (χ2v) is 6.88. The van der Waals surface area contributed by atoms with E-state index in [4.69, 9.17) is 21.1 Å². The van der Waals surface area contributed by atoms with Gasteiger partial charge in [0.25, 0.3) is 0 Å². The Bertz CT molecular complexity index is 1160. The fourth-order valence-electron chi connectivity index (χ4n) is 2.74. The maximum atomic E-state index is 13.4. The number of ether oxygens (including phenoxy) is 2. The van der Waals surface area contributed by atoms with Crippen LogP contribution in [0.2, 0.25) is 5.02 Å². The molecule has 3 aromatic rings. The van der Waals surface area contributed by atoms with E-state index in [-0.39, 0.29) is 16.9 Å². The Balaban J connectivity index is 1.97. The van der Waals surface area contributed by atoms with Crippen LogP contribution < -0.4 is 10.1 Å². The molecule has 0 spiro atoms. The fourth-order valence-corrected chi connectivity index (χ4v) is 2.93. The molecule has 0 aliphatic carbocycles. The fraction of sp³-hybridized carbons (Fsp3) is 0.227. The minimum absolute atomic E-state index is 0.00584. The number of hydrogen-bond donors (Lipinski definition) is 1. The van der Waals surface area contributed by atoms with Crippen molar-refractivity contribution in [3.05, 3.63) is 53.1 Å². The normalized spacial score (nSPS) is 11.4. The van der Waals surface area contributed by atoms with Crippen LogP contribution in [0.5, 0.6) is 5.75 Å². The minimum atomic E-state index is -0.502. The van der Waals surface area contributed by atoms with E-state index in [1.165, 1.54) is 25.6 Å². The lowest BCUT2D eigenvalue weighted by Gasteiger charge is -2.11. The van der Waals surface area contributed by atoms with Gasteiger partial charge in [0.05, 0.1) is 36.2 Å². The first-order valence-corrected chi connectivity index (χ1v) is 9.42. The van der Waals surface area contributed by atoms with Crippen LogP contribution in [0, 0.1) is 23.6 Å². The Morgan fingerprint density at radius 3 is 2.77 bits per heavy atom. The summed E-state index contributed by atoms with van der Waals surface area (Å²) in [5.74, 6) is 5.94. The third kappa shape index (κ3) is 4.78. The number of benzene rings is 2. The van der Waals surface area contributed by atoms with Crippen LogP contribution in [0.4, 0.5) is 15.9 Å². The third-order valence-corrected chi connectivity index (χ3v) is 4.66. The molecule has 0 bridgehead atoms. The number of rotatable bonds is 5. The van der Waals surface area contributed by atoms with Crippen LogP contribution in [-0.2, 0) is 9.53 Å². The number of nitrogens with one attached hydrogen (secondary N) is 1. The summed E-state index contributed by atoms with van der Waals surface area (Å²) in [6.45, 7) is 1.75. The number of aromatic nitrogens is 2. The predicted molar refractivity (Wildman–Crippen MR) is 113 cm³/mol. The predicted octanol–water partition coefficient (Wildman–Crippen LogP) is 4.73. The maximum Gasteiger partial charge on any atom is 0.309 e. The van der Waals surface area contributed by atoms with E-state index in [0.717, 1.165) is 0 Å². The second-order valence-electron chi connectivity index (χ2n) is 6.48. The van der Waals surface area contributed by atoms with Crippen molar-refractivity contribution in [1.82, 2.24) is 9.97 Å². The lowest BCUT2D eigenvalue weighted by atomic mass is 10.1. The van der Waals surface area contributed by atoms with Gasteiger partial charge in [0, 0.05) is 23.6 Å². The van der Waals surface area contributed by atoms with E-state index in [2.05, 4.69) is 27.1 Å². The van der Waals surface area contributed by atoms with Crippen molar-refractivity contribution in [2.45, 2.75) is 13.3 Å². The number of hydrogen-bond acceptors (Lipinski definition) is 6. The molecule has 6 nitrogen and oxygen atoms in total. The molecular weight excluding hydrogens is 409 g/mol. The highest BCUT2D eigenvalue weighted by atomic mass is 35.5. The van der Waals surface area contributed by atoms with Crippen molar-refractivity contribution in [2.75, 3.05) is 19.5 Å². The average molecular weight is 428 g/mol. The lowest BCUT2D eigenvalue weighted by Crippen LogP contribution is -2.11. The molecule has 0 saturated heterocycles. The molecule has 30 heavy (non-hydrogen) atoms. The van der Waals surface area contributed by atoms with E-state index in [1.807, 2.05) is 0 Å². The molecule has 0 fully saturated rings. The van der Waals surface area contributed by atoms with Crippen molar-refractivity contribution >= 4 is 40.0 Å². The molecular formula is C22H19ClFN3O3. The van der Waals surface area contributed by atoms with Gasteiger partial charge in [-0.15, -0.1) is 0 Å². The van der Waals surface area contributed by atoms with Gasteiger partial charge in [-0.05, 0) is 24.3 Å². The SMILES string of the molecule is COC(=O)C(C)CC#Cc1cc2c(Nc3ccc(F)c(Cl)c3)ncnc2cc1OC. The van der Waals surface area contributed by atoms with Gasteiger partial charge < -0.3 is 14.8 Å². The summed E-state index contributed by atoms with van der Waals surface area (Å²) in [6.07, 6.45) is 1.76. The number of halogens is 2. The summed E-state index contributed by atoms with van der Waals surface area (Å²) >= 11 is 5.86. The highest BCUT2D eigenvalue weighted by molar-refractivity contribution is 6.31. The first-order valence-electron chi connectivity index (χ1n) is 9.04. The first kappa shape index (κ1) is 21.3. The van der Waals surface area contributed by atoms with E-state index in [9.17, 15) is 9.18 Å². The molecule has 1 unspecified atom stereocenters. The lowest BCUT2D eigenvalue weighted by molar-refractivity contribution is -0.144. The van der Waals surface area contributed by atoms with Gasteiger partial charge in [-0.1, -0.05) is 30.4 Å². The highest BCUT2D eigenvalue weighted by Crippen LogP contribution is 2.30. The third-order valence-electron chi connectivity index (χ3n) is 4.37. The van der Waals surface area contributed by atoms with E-state index < -0.39 is 5.82 Å². The Morgan fingerprint density at radius 2 is 2.07 bits per heavy atom. The summed E-state index contributed by atoms with van der Waals surface area (Å²) < 4.78 is 23.6. The summed E-state index contributed by atoms with van der Waals surface area (Å²) in [6, 6.07) is 7.87. The topological polar surface area (TPSA) is 73.3 Å². The van der Waals surface area contributed by atoms with Gasteiger partial charge in [0.2, 0.25) is 0 Å². The van der Waals surface area contributed by atoms with Gasteiger partial charge in [-0.2, -0.15) is 0 Å². The van der Waals surface area contributed by atoms with E-state index >= 15 is 0 Å². The molecule has 0 radical (unpaired) electrons. The van der Waals surface area contributed by atoms with Gasteiger partial charge in [0.15, 0.2) is 0 Å². The Hall–Kier alpha value is -3.37. The number of fused-ring (bicyclic) bond motifs is 1. The maximum absolute atomic E-state index is 13.4. The molecule has 0 saturated carbocycles. The Labute approximate surface area is 178 Å². The van der Waals surface area contributed by atoms with Crippen LogP contribution in [-0.4, -0.2) is 30.2 Å². The number of carbonyl (C=O) groups is 1. The van der Waals surface area contributed by atoms with Crippen molar-refractivity contribution < 1.29 is 18.7 Å². The Morgan fingerprint density at radius 1 is 1.27 bits per heavy atom. The van der Waals surface area contributed by atoms with Gasteiger partial charge in [-0.3, -0.25) is 4.79 Å². The molecule has 0 aliphatic rings. The number of anilines is 2.